The average Bonchev–Trinajstić information content (AvgIpc) is 4.16. The number of nitrogens with two attached hydrogens (primary N) is 5. The van der Waals surface area contributed by atoms with E-state index < -0.39 is 113 Å². The molecule has 0 spiro atoms. The fourth-order valence-electron chi connectivity index (χ4n) is 9.17. The highest BCUT2D eigenvalue weighted by Crippen LogP contribution is 2.20. The molecule has 0 aliphatic rings. The number of thiol groups is 2. The Morgan fingerprint density at radius 2 is 0.899 bits per heavy atom. The van der Waals surface area contributed by atoms with Crippen molar-refractivity contribution in [2.24, 2.45) is 38.7 Å². The molecule has 0 saturated heterocycles. The van der Waals surface area contributed by atoms with E-state index in [9.17, 15) is 47.9 Å². The standard InChI is InChI=1S/C58H79N19O10S2/c1-32(69-56(87)47(30-89)77-51(82)41(20-12-22-66-58(62)63)71-52(83)42(70-33(2)78)23-34-13-5-3-6-14-34)49(80)73-45(26-37-28-64-31-68-37)55(86)74-43(24-35-15-7-4-8-16-35)53(84)72-40(19-11-21-65-57(60)61)50(81)75-44(54(85)76-46(29-88)48(59)79)25-36-27-67-39-18-10-9-17-38(36)39/h3-10,13-18,27-28,31-32,40-47,67,88-89H,11-12,19-26,29-30H2,1-2H3,(H2,59,79)(H,64,68)(H,69,87)(H,70,78)(H,71,83)(H,72,84)(H,73,80)(H,74,86)(H,75,81)(H,76,85)(H,77,82)(H4,60,61,65)(H4,62,63,66)/t32-,40+,41+,42+,43-,44+,45+,46+,47+/m1/s1. The number of hydrogen-bond donors (Lipinski definition) is 18. The number of aliphatic imine (C=N–C) groups is 2. The number of fused-ring (bicyclic) bond motifs is 1. The summed E-state index contributed by atoms with van der Waals surface area (Å²) >= 11 is 8.46. The quantitative estimate of drug-likeness (QED) is 0.00824. The molecule has 5 aromatic rings. The van der Waals surface area contributed by atoms with Crippen LogP contribution >= 0.6 is 25.3 Å². The molecular weight excluding hydrogens is 1190 g/mol. The number of nitrogens with one attached hydrogen (secondary N) is 11. The fraction of sp³-hybridized carbons (Fsp3) is 0.397. The number of primary amides is 1. The number of nitrogens with zero attached hydrogens (tertiary/aromatic N) is 3. The Labute approximate surface area is 524 Å². The number of benzene rings is 3. The zero-order valence-electron chi connectivity index (χ0n) is 49.2. The van der Waals surface area contributed by atoms with Crippen molar-refractivity contribution in [1.29, 1.82) is 0 Å². The Hall–Kier alpha value is -9.65. The van der Waals surface area contributed by atoms with E-state index in [0.29, 0.717) is 16.8 Å². The second kappa shape index (κ2) is 35.8. The summed E-state index contributed by atoms with van der Waals surface area (Å²) in [6.45, 7) is 2.69. The fourth-order valence-corrected chi connectivity index (χ4v) is 9.70. The normalized spacial score (nSPS) is 14.0. The first-order chi connectivity index (χ1) is 42.5. The number of rotatable bonds is 36. The van der Waals surface area contributed by atoms with Crippen LogP contribution in [0, 0.1) is 0 Å². The third-order valence-electron chi connectivity index (χ3n) is 13.8. The van der Waals surface area contributed by atoms with Crippen molar-refractivity contribution in [2.75, 3.05) is 24.6 Å². The molecule has 0 unspecified atom stereocenters. The maximum atomic E-state index is 14.7. The maximum absolute atomic E-state index is 14.7. The predicted octanol–water partition coefficient (Wildman–Crippen LogP) is -2.98. The molecule has 0 saturated carbocycles. The van der Waals surface area contributed by atoms with Crippen LogP contribution in [-0.4, -0.2) is 165 Å². The van der Waals surface area contributed by atoms with Crippen LogP contribution in [0.1, 0.15) is 61.9 Å². The van der Waals surface area contributed by atoms with Crippen LogP contribution in [0.3, 0.4) is 0 Å². The van der Waals surface area contributed by atoms with E-state index in [-0.39, 0.29) is 87.9 Å². The van der Waals surface area contributed by atoms with Gasteiger partial charge in [0.2, 0.25) is 59.1 Å². The molecule has 5 rings (SSSR count). The lowest BCUT2D eigenvalue weighted by Crippen LogP contribution is -2.61. The summed E-state index contributed by atoms with van der Waals surface area (Å²) in [5, 5.41) is 24.6. The number of carbonyl (C=O) groups is 10. The zero-order chi connectivity index (χ0) is 65.0. The van der Waals surface area contributed by atoms with Gasteiger partial charge < -0.3 is 86.5 Å². The molecule has 31 heteroatoms. The first kappa shape index (κ1) is 70.1. The molecule has 0 bridgehead atoms. The lowest BCUT2D eigenvalue weighted by molar-refractivity contribution is -0.135. The van der Waals surface area contributed by atoms with Crippen LogP contribution in [0.4, 0.5) is 0 Å². The Morgan fingerprint density at radius 3 is 1.37 bits per heavy atom. The van der Waals surface area contributed by atoms with Crippen molar-refractivity contribution < 1.29 is 47.9 Å². The van der Waals surface area contributed by atoms with Crippen LogP contribution in [0.5, 0.6) is 0 Å². The number of para-hydroxylation sites is 1. The number of hydrogen-bond acceptors (Lipinski definition) is 15. The Kier molecular flexibility index (Phi) is 28.2. The van der Waals surface area contributed by atoms with Gasteiger partial charge in [0.25, 0.3) is 0 Å². The van der Waals surface area contributed by atoms with Crippen molar-refractivity contribution in [3.05, 3.63) is 126 Å². The van der Waals surface area contributed by atoms with Crippen molar-refractivity contribution in [1.82, 2.24) is 62.8 Å². The highest BCUT2D eigenvalue weighted by molar-refractivity contribution is 7.80. The van der Waals surface area contributed by atoms with E-state index in [1.165, 1.54) is 26.4 Å². The molecule has 3 aromatic carbocycles. The van der Waals surface area contributed by atoms with Crippen LogP contribution in [-0.2, 0) is 73.6 Å². The van der Waals surface area contributed by atoms with Gasteiger partial charge in [-0.2, -0.15) is 25.3 Å². The molecule has 0 fully saturated rings. The maximum Gasteiger partial charge on any atom is 0.244 e. The summed E-state index contributed by atoms with van der Waals surface area (Å²) in [5.41, 5.74) is 30.8. The van der Waals surface area contributed by atoms with Gasteiger partial charge in [0.15, 0.2) is 11.9 Å². The zero-order valence-corrected chi connectivity index (χ0v) is 51.0. The summed E-state index contributed by atoms with van der Waals surface area (Å²) in [7, 11) is 0. The lowest BCUT2D eigenvalue weighted by atomic mass is 10.0. The molecule has 2 aromatic heterocycles. The van der Waals surface area contributed by atoms with Crippen molar-refractivity contribution in [2.45, 2.75) is 120 Å². The van der Waals surface area contributed by atoms with E-state index in [2.05, 4.69) is 98.0 Å². The van der Waals surface area contributed by atoms with Gasteiger partial charge in [-0.05, 0) is 55.4 Å². The van der Waals surface area contributed by atoms with Crippen LogP contribution in [0.2, 0.25) is 0 Å². The van der Waals surface area contributed by atoms with Crippen molar-refractivity contribution >= 4 is 107 Å². The number of aromatic nitrogens is 3. The van der Waals surface area contributed by atoms with Gasteiger partial charge in [-0.1, -0.05) is 78.9 Å². The Morgan fingerprint density at radius 1 is 0.483 bits per heavy atom. The van der Waals surface area contributed by atoms with Crippen LogP contribution in [0.15, 0.2) is 114 Å². The SMILES string of the molecule is CC(=O)N[C@@H](Cc1ccccc1)C(=O)N[C@@H](CCCN=C(N)N)C(=O)N[C@@H](CS)C(=O)N[C@H](C)C(=O)N[C@@H](Cc1cnc[nH]1)C(=O)N[C@H](Cc1ccccc1)C(=O)N[C@@H](CCCN=C(N)N)C(=O)N[C@@H](Cc1c[nH]c2ccccc12)C(=O)N[C@@H](CS)C(N)=O. The first-order valence-corrected chi connectivity index (χ1v) is 29.7. The van der Waals surface area contributed by atoms with Gasteiger partial charge in [-0.15, -0.1) is 0 Å². The molecule has 0 aliphatic heterocycles. The minimum absolute atomic E-state index is 0.0115. The highest BCUT2D eigenvalue weighted by Gasteiger charge is 2.35. The van der Waals surface area contributed by atoms with E-state index in [4.69, 9.17) is 28.7 Å². The van der Waals surface area contributed by atoms with Gasteiger partial charge >= 0.3 is 0 Å². The minimum Gasteiger partial charge on any atom is -0.370 e. The summed E-state index contributed by atoms with van der Waals surface area (Å²) in [6.07, 6.45) is 4.35. The smallest absolute Gasteiger partial charge is 0.244 e. The molecule has 21 N–H and O–H groups in total. The van der Waals surface area contributed by atoms with E-state index in [1.54, 1.807) is 72.9 Å². The van der Waals surface area contributed by atoms with Crippen molar-refractivity contribution in [3.63, 3.8) is 0 Å². The second-order valence-corrected chi connectivity index (χ2v) is 21.5. The van der Waals surface area contributed by atoms with Crippen LogP contribution in [0.25, 0.3) is 10.9 Å². The average molecular weight is 1270 g/mol. The molecule has 9 atom stereocenters. The molecule has 10 amide bonds. The minimum atomic E-state index is -1.45. The van der Waals surface area contributed by atoms with E-state index >= 15 is 0 Å². The molecule has 2 heterocycles. The summed E-state index contributed by atoms with van der Waals surface area (Å²) in [5.74, 6) is -8.79. The highest BCUT2D eigenvalue weighted by atomic mass is 32.1. The third-order valence-corrected chi connectivity index (χ3v) is 14.5. The van der Waals surface area contributed by atoms with E-state index in [0.717, 1.165) is 16.5 Å². The largest absolute Gasteiger partial charge is 0.370 e. The number of aromatic amines is 2. The molecule has 29 nitrogen and oxygen atoms in total. The molecule has 89 heavy (non-hydrogen) atoms. The Balaban J connectivity index is 1.36. The van der Waals surface area contributed by atoms with Crippen LogP contribution < -0.4 is 76.5 Å². The molecule has 478 valence electrons. The third kappa shape index (κ3) is 23.5. The number of imidazole rings is 1. The van der Waals surface area contributed by atoms with E-state index in [1.807, 2.05) is 18.2 Å². The number of carbonyl (C=O) groups excluding carboxylic acids is 10. The van der Waals surface area contributed by atoms with Gasteiger partial charge in [-0.3, -0.25) is 57.9 Å². The second-order valence-electron chi connectivity index (χ2n) is 20.8. The molecular formula is C58H79N19O10S2. The predicted molar refractivity (Wildman–Crippen MR) is 340 cm³/mol. The Bertz CT molecular complexity index is 3250. The topological polar surface area (TPSA) is 478 Å². The van der Waals surface area contributed by atoms with Crippen molar-refractivity contribution in [3.8, 4) is 0 Å². The lowest BCUT2D eigenvalue weighted by Gasteiger charge is -2.27. The summed E-state index contributed by atoms with van der Waals surface area (Å²) in [6, 6.07) is 12.8. The van der Waals surface area contributed by atoms with Gasteiger partial charge in [0, 0.05) is 86.2 Å². The molecule has 0 radical (unpaired) electrons. The molecule has 0 aliphatic carbocycles. The number of H-pyrrole nitrogens is 2. The van der Waals surface area contributed by atoms with Gasteiger partial charge in [0.05, 0.1) is 6.33 Å². The van der Waals surface area contributed by atoms with Gasteiger partial charge in [0.1, 0.15) is 54.4 Å². The number of amides is 10. The van der Waals surface area contributed by atoms with Gasteiger partial charge in [-0.25, -0.2) is 4.98 Å². The summed E-state index contributed by atoms with van der Waals surface area (Å²) in [4.78, 5) is 156. The first-order valence-electron chi connectivity index (χ1n) is 28.5. The number of guanidine groups is 2. The summed E-state index contributed by atoms with van der Waals surface area (Å²) < 4.78 is 0. The monoisotopic (exact) mass is 1270 g/mol.